The fourth-order valence-electron chi connectivity index (χ4n) is 2.60. The summed E-state index contributed by atoms with van der Waals surface area (Å²) in [7, 11) is 0. The Morgan fingerprint density at radius 2 is 2.09 bits per heavy atom. The number of aromatic nitrogens is 4. The summed E-state index contributed by atoms with van der Waals surface area (Å²) in [6.45, 7) is 0. The molecular weight excluding hydrogens is 310 g/mol. The number of hydrogen-bond donors (Lipinski definition) is 1. The number of hydrogen-bond acceptors (Lipinski definition) is 7. The molecule has 7 heteroatoms. The average molecular weight is 323 g/mol. The molecule has 3 aromatic rings. The lowest BCUT2D eigenvalue weighted by Gasteiger charge is -2.15. The van der Waals surface area contributed by atoms with Gasteiger partial charge >= 0.3 is 0 Å². The summed E-state index contributed by atoms with van der Waals surface area (Å²) in [5, 5.41) is 13.4. The molecule has 0 radical (unpaired) electrons. The van der Waals surface area contributed by atoms with E-state index in [1.165, 1.54) is 0 Å². The molecule has 0 fully saturated rings. The van der Waals surface area contributed by atoms with E-state index >= 15 is 0 Å². The minimum atomic E-state index is 0.609. The molecule has 3 aromatic heterocycles. The standard InChI is InChI=1S/C16H13N5OS/c22-21-12-5-1-4-11-15(12)20-13(8-18-11)14-9-19-16(23-14)10-3-2-6-17-7-10/h2-3,6-9,22H,1,4-5H2/b21-12+. The van der Waals surface area contributed by atoms with Gasteiger partial charge in [-0.25, -0.2) is 9.97 Å². The van der Waals surface area contributed by atoms with Crippen LogP contribution in [-0.2, 0) is 6.42 Å². The highest BCUT2D eigenvalue weighted by Crippen LogP contribution is 2.31. The van der Waals surface area contributed by atoms with Gasteiger partial charge in [0.15, 0.2) is 0 Å². The Hall–Kier alpha value is -2.67. The third-order valence-corrected chi connectivity index (χ3v) is 4.81. The van der Waals surface area contributed by atoms with Crippen LogP contribution in [0.3, 0.4) is 0 Å². The van der Waals surface area contributed by atoms with Crippen molar-refractivity contribution in [1.82, 2.24) is 19.9 Å². The predicted octanol–water partition coefficient (Wildman–Crippen LogP) is 3.18. The van der Waals surface area contributed by atoms with E-state index in [4.69, 9.17) is 5.21 Å². The molecule has 4 rings (SSSR count). The van der Waals surface area contributed by atoms with Crippen molar-refractivity contribution in [2.24, 2.45) is 5.16 Å². The molecular formula is C16H13N5OS. The van der Waals surface area contributed by atoms with Crippen LogP contribution in [0.2, 0.25) is 0 Å². The predicted molar refractivity (Wildman–Crippen MR) is 87.6 cm³/mol. The molecule has 1 N–H and O–H groups in total. The summed E-state index contributed by atoms with van der Waals surface area (Å²) in [6, 6.07) is 3.86. The molecule has 114 valence electrons. The fraction of sp³-hybridized carbons (Fsp3) is 0.188. The first kappa shape index (κ1) is 14.0. The van der Waals surface area contributed by atoms with E-state index in [-0.39, 0.29) is 0 Å². The summed E-state index contributed by atoms with van der Waals surface area (Å²) < 4.78 is 0. The molecule has 0 atom stereocenters. The largest absolute Gasteiger partial charge is 0.411 e. The summed E-state index contributed by atoms with van der Waals surface area (Å²) in [6.07, 6.45) is 9.62. The molecule has 0 spiro atoms. The molecule has 0 bridgehead atoms. The van der Waals surface area contributed by atoms with Crippen LogP contribution in [0.4, 0.5) is 0 Å². The maximum absolute atomic E-state index is 9.16. The van der Waals surface area contributed by atoms with Gasteiger partial charge in [-0.3, -0.25) is 9.97 Å². The van der Waals surface area contributed by atoms with Crippen LogP contribution in [0.1, 0.15) is 24.2 Å². The summed E-state index contributed by atoms with van der Waals surface area (Å²) >= 11 is 1.54. The van der Waals surface area contributed by atoms with Crippen molar-refractivity contribution in [2.45, 2.75) is 19.3 Å². The zero-order chi connectivity index (χ0) is 15.6. The van der Waals surface area contributed by atoms with Crippen molar-refractivity contribution in [1.29, 1.82) is 0 Å². The van der Waals surface area contributed by atoms with E-state index < -0.39 is 0 Å². The van der Waals surface area contributed by atoms with Crippen LogP contribution in [-0.4, -0.2) is 30.9 Å². The number of fused-ring (bicyclic) bond motifs is 1. The monoisotopic (exact) mass is 323 g/mol. The number of thiazole rings is 1. The maximum atomic E-state index is 9.16. The average Bonchev–Trinajstić information content (AvgIpc) is 3.11. The molecule has 0 saturated heterocycles. The zero-order valence-electron chi connectivity index (χ0n) is 12.2. The summed E-state index contributed by atoms with van der Waals surface area (Å²) in [5.41, 5.74) is 3.93. The Bertz CT molecular complexity index is 875. The Balaban J connectivity index is 1.73. The lowest BCUT2D eigenvalue weighted by atomic mass is 9.98. The van der Waals surface area contributed by atoms with Gasteiger partial charge in [-0.2, -0.15) is 0 Å². The van der Waals surface area contributed by atoms with Crippen molar-refractivity contribution in [3.05, 3.63) is 48.3 Å². The molecule has 0 saturated carbocycles. The van der Waals surface area contributed by atoms with E-state index in [0.717, 1.165) is 46.1 Å². The normalized spacial score (nSPS) is 15.6. The molecule has 0 amide bonds. The van der Waals surface area contributed by atoms with E-state index in [0.29, 0.717) is 11.4 Å². The summed E-state index contributed by atoms with van der Waals surface area (Å²) in [5.74, 6) is 0. The summed E-state index contributed by atoms with van der Waals surface area (Å²) in [4.78, 5) is 18.6. The van der Waals surface area contributed by atoms with E-state index in [1.807, 2.05) is 12.1 Å². The quantitative estimate of drug-likeness (QED) is 0.578. The fourth-order valence-corrected chi connectivity index (χ4v) is 3.46. The molecule has 0 aromatic carbocycles. The second-order valence-electron chi connectivity index (χ2n) is 5.22. The highest BCUT2D eigenvalue weighted by Gasteiger charge is 2.20. The third kappa shape index (κ3) is 2.59. The van der Waals surface area contributed by atoms with Gasteiger partial charge in [0.25, 0.3) is 0 Å². The first-order valence-electron chi connectivity index (χ1n) is 7.29. The van der Waals surface area contributed by atoms with Crippen molar-refractivity contribution >= 4 is 17.0 Å². The van der Waals surface area contributed by atoms with Gasteiger partial charge in [-0.15, -0.1) is 11.3 Å². The highest BCUT2D eigenvalue weighted by molar-refractivity contribution is 7.18. The second-order valence-corrected chi connectivity index (χ2v) is 6.25. The van der Waals surface area contributed by atoms with Gasteiger partial charge in [-0.1, -0.05) is 5.16 Å². The van der Waals surface area contributed by atoms with E-state index in [9.17, 15) is 0 Å². The maximum Gasteiger partial charge on any atom is 0.125 e. The van der Waals surface area contributed by atoms with E-state index in [1.54, 1.807) is 36.1 Å². The molecule has 3 heterocycles. The van der Waals surface area contributed by atoms with Gasteiger partial charge in [0, 0.05) is 24.2 Å². The van der Waals surface area contributed by atoms with Gasteiger partial charge in [0.05, 0.1) is 16.8 Å². The smallest absolute Gasteiger partial charge is 0.125 e. The van der Waals surface area contributed by atoms with Crippen molar-refractivity contribution < 1.29 is 5.21 Å². The molecule has 1 aliphatic carbocycles. The topological polar surface area (TPSA) is 84.2 Å². The van der Waals surface area contributed by atoms with Crippen molar-refractivity contribution in [3.8, 4) is 21.1 Å². The first-order valence-corrected chi connectivity index (χ1v) is 8.10. The Labute approximate surface area is 136 Å². The molecule has 0 unspecified atom stereocenters. The number of pyridine rings is 1. The second kappa shape index (κ2) is 5.85. The number of oxime groups is 1. The Morgan fingerprint density at radius 3 is 2.91 bits per heavy atom. The third-order valence-electron chi connectivity index (χ3n) is 3.74. The van der Waals surface area contributed by atoms with Gasteiger partial charge in [0.2, 0.25) is 0 Å². The number of rotatable bonds is 2. The number of aryl methyl sites for hydroxylation is 1. The molecule has 6 nitrogen and oxygen atoms in total. The first-order chi connectivity index (χ1) is 11.3. The van der Waals surface area contributed by atoms with Crippen LogP contribution in [0, 0.1) is 0 Å². The minimum Gasteiger partial charge on any atom is -0.411 e. The minimum absolute atomic E-state index is 0.609. The van der Waals surface area contributed by atoms with Crippen molar-refractivity contribution in [3.63, 3.8) is 0 Å². The van der Waals surface area contributed by atoms with Crippen LogP contribution in [0.5, 0.6) is 0 Å². The van der Waals surface area contributed by atoms with Gasteiger partial charge in [-0.05, 0) is 31.4 Å². The SMILES string of the molecule is O/N=C1\CCCc2ncc(-c3cnc(-c4cccnc4)s3)nc21. The lowest BCUT2D eigenvalue weighted by Crippen LogP contribution is -2.16. The van der Waals surface area contributed by atoms with Crippen LogP contribution < -0.4 is 0 Å². The number of nitrogens with zero attached hydrogens (tertiary/aromatic N) is 5. The van der Waals surface area contributed by atoms with E-state index in [2.05, 4.69) is 25.1 Å². The van der Waals surface area contributed by atoms with Crippen molar-refractivity contribution in [2.75, 3.05) is 0 Å². The molecule has 0 aliphatic heterocycles. The molecule has 23 heavy (non-hydrogen) atoms. The van der Waals surface area contributed by atoms with Gasteiger partial charge in [0.1, 0.15) is 22.1 Å². The Morgan fingerprint density at radius 1 is 1.13 bits per heavy atom. The zero-order valence-corrected chi connectivity index (χ0v) is 13.0. The Kier molecular flexibility index (Phi) is 3.55. The van der Waals surface area contributed by atoms with Crippen LogP contribution in [0.25, 0.3) is 21.1 Å². The lowest BCUT2D eigenvalue weighted by molar-refractivity contribution is 0.317. The van der Waals surface area contributed by atoms with Gasteiger partial charge < -0.3 is 5.21 Å². The van der Waals surface area contributed by atoms with Crippen LogP contribution >= 0.6 is 11.3 Å². The molecule has 1 aliphatic rings. The highest BCUT2D eigenvalue weighted by atomic mass is 32.1. The van der Waals surface area contributed by atoms with Crippen LogP contribution in [0.15, 0.2) is 42.1 Å².